The van der Waals surface area contributed by atoms with Gasteiger partial charge in [-0.3, -0.25) is 10.1 Å². The Kier molecular flexibility index (Phi) is 6.75. The van der Waals surface area contributed by atoms with Gasteiger partial charge in [0.1, 0.15) is 0 Å². The summed E-state index contributed by atoms with van der Waals surface area (Å²) in [6.45, 7) is 4.37. The van der Waals surface area contributed by atoms with Crippen molar-refractivity contribution in [3.8, 4) is 0 Å². The molecule has 1 heterocycles. The van der Waals surface area contributed by atoms with Gasteiger partial charge in [0.2, 0.25) is 0 Å². The highest BCUT2D eigenvalue weighted by Gasteiger charge is 2.18. The molecule has 5 nitrogen and oxygen atoms in total. The molecule has 3 rings (SSSR count). The zero-order valence-electron chi connectivity index (χ0n) is 15.1. The van der Waals surface area contributed by atoms with Crippen molar-refractivity contribution in [1.29, 1.82) is 0 Å². The van der Waals surface area contributed by atoms with E-state index in [1.54, 1.807) is 12.1 Å². The van der Waals surface area contributed by atoms with Crippen LogP contribution in [0.15, 0.2) is 54.6 Å². The van der Waals surface area contributed by atoms with E-state index in [0.717, 1.165) is 44.6 Å². The van der Waals surface area contributed by atoms with E-state index in [9.17, 15) is 10.1 Å². The fraction of sp³-hybridized carbons (Fsp3) is 0.429. The molecule has 1 aliphatic heterocycles. The summed E-state index contributed by atoms with van der Waals surface area (Å²) in [5, 5.41) is 14.3. The Morgan fingerprint density at radius 1 is 0.962 bits per heavy atom. The number of nitrogens with one attached hydrogen (secondary N) is 1. The van der Waals surface area contributed by atoms with E-state index in [4.69, 9.17) is 0 Å². The topological polar surface area (TPSA) is 58.4 Å². The standard InChI is InChI=1S/C21H27N3O2/c25-24(26)21-8-6-19(7-9-21)10-14-22-20-12-16-23(17-13-20)15-11-18-4-2-1-3-5-18/h1-9,20,22H,10-17H2. The van der Waals surface area contributed by atoms with Crippen molar-refractivity contribution >= 4 is 5.69 Å². The lowest BCUT2D eigenvalue weighted by molar-refractivity contribution is -0.384. The van der Waals surface area contributed by atoms with Crippen LogP contribution in [0.5, 0.6) is 0 Å². The number of likely N-dealkylation sites (tertiary alicyclic amines) is 1. The Bertz CT molecular complexity index is 680. The fourth-order valence-electron chi connectivity index (χ4n) is 3.50. The van der Waals surface area contributed by atoms with Crippen LogP contribution in [0.4, 0.5) is 5.69 Å². The molecule has 1 saturated heterocycles. The van der Waals surface area contributed by atoms with Crippen molar-refractivity contribution in [2.24, 2.45) is 0 Å². The highest BCUT2D eigenvalue weighted by Crippen LogP contribution is 2.14. The molecule has 0 spiro atoms. The monoisotopic (exact) mass is 353 g/mol. The number of non-ortho nitro benzene ring substituents is 1. The summed E-state index contributed by atoms with van der Waals surface area (Å²) < 4.78 is 0. The van der Waals surface area contributed by atoms with Gasteiger partial charge in [0.15, 0.2) is 0 Å². The predicted octanol–water partition coefficient (Wildman–Crippen LogP) is 3.43. The summed E-state index contributed by atoms with van der Waals surface area (Å²) in [7, 11) is 0. The highest BCUT2D eigenvalue weighted by molar-refractivity contribution is 5.32. The predicted molar refractivity (Wildman–Crippen MR) is 104 cm³/mol. The third-order valence-corrected chi connectivity index (χ3v) is 5.14. The van der Waals surface area contributed by atoms with E-state index in [2.05, 4.69) is 40.5 Å². The largest absolute Gasteiger partial charge is 0.314 e. The maximum Gasteiger partial charge on any atom is 0.269 e. The van der Waals surface area contributed by atoms with Crippen molar-refractivity contribution in [3.05, 3.63) is 75.8 Å². The van der Waals surface area contributed by atoms with E-state index >= 15 is 0 Å². The van der Waals surface area contributed by atoms with Gasteiger partial charge in [-0.05, 0) is 56.4 Å². The van der Waals surface area contributed by atoms with Crippen LogP contribution < -0.4 is 5.32 Å². The smallest absolute Gasteiger partial charge is 0.269 e. The minimum absolute atomic E-state index is 0.157. The van der Waals surface area contributed by atoms with Gasteiger partial charge in [-0.15, -0.1) is 0 Å². The summed E-state index contributed by atoms with van der Waals surface area (Å²) >= 11 is 0. The van der Waals surface area contributed by atoms with Crippen molar-refractivity contribution in [3.63, 3.8) is 0 Å². The maximum absolute atomic E-state index is 10.7. The maximum atomic E-state index is 10.7. The number of benzene rings is 2. The van der Waals surface area contributed by atoms with Gasteiger partial charge < -0.3 is 10.2 Å². The zero-order valence-corrected chi connectivity index (χ0v) is 15.1. The molecule has 0 amide bonds. The normalized spacial score (nSPS) is 15.8. The molecule has 0 saturated carbocycles. The second-order valence-corrected chi connectivity index (χ2v) is 6.98. The molecule has 0 atom stereocenters. The summed E-state index contributed by atoms with van der Waals surface area (Å²) in [6.07, 6.45) is 4.41. The molecule has 0 unspecified atom stereocenters. The lowest BCUT2D eigenvalue weighted by atomic mass is 10.0. The van der Waals surface area contributed by atoms with Crippen LogP contribution in [-0.2, 0) is 12.8 Å². The Morgan fingerprint density at radius 2 is 1.62 bits per heavy atom. The van der Waals surface area contributed by atoms with E-state index in [1.807, 2.05) is 12.1 Å². The number of hydrogen-bond acceptors (Lipinski definition) is 4. The third-order valence-electron chi connectivity index (χ3n) is 5.14. The number of rotatable bonds is 8. The van der Waals surface area contributed by atoms with Crippen LogP contribution in [-0.4, -0.2) is 42.0 Å². The first kappa shape index (κ1) is 18.5. The van der Waals surface area contributed by atoms with Crippen molar-refractivity contribution in [2.45, 2.75) is 31.7 Å². The van der Waals surface area contributed by atoms with Gasteiger partial charge in [0.05, 0.1) is 4.92 Å². The van der Waals surface area contributed by atoms with Crippen LogP contribution >= 0.6 is 0 Å². The minimum atomic E-state index is -0.354. The second-order valence-electron chi connectivity index (χ2n) is 6.98. The molecule has 1 fully saturated rings. The second kappa shape index (κ2) is 9.46. The van der Waals surface area contributed by atoms with Crippen LogP contribution in [0.25, 0.3) is 0 Å². The molecule has 0 bridgehead atoms. The van der Waals surface area contributed by atoms with Gasteiger partial charge in [-0.25, -0.2) is 0 Å². The molecule has 0 radical (unpaired) electrons. The van der Waals surface area contributed by atoms with E-state index in [0.29, 0.717) is 6.04 Å². The molecule has 1 N–H and O–H groups in total. The van der Waals surface area contributed by atoms with Gasteiger partial charge in [-0.2, -0.15) is 0 Å². The van der Waals surface area contributed by atoms with Crippen LogP contribution in [0.3, 0.4) is 0 Å². The number of nitro groups is 1. The molecule has 0 aliphatic carbocycles. The quantitative estimate of drug-likeness (QED) is 0.583. The summed E-state index contributed by atoms with van der Waals surface area (Å²) in [4.78, 5) is 12.9. The van der Waals surface area contributed by atoms with E-state index < -0.39 is 0 Å². The van der Waals surface area contributed by atoms with Gasteiger partial charge in [0, 0.05) is 24.7 Å². The number of hydrogen-bond donors (Lipinski definition) is 1. The van der Waals surface area contributed by atoms with Crippen molar-refractivity contribution in [1.82, 2.24) is 10.2 Å². The summed E-state index contributed by atoms with van der Waals surface area (Å²) in [6, 6.07) is 18.1. The number of nitro benzene ring substituents is 1. The lowest BCUT2D eigenvalue weighted by Crippen LogP contribution is -2.43. The Labute approximate surface area is 155 Å². The van der Waals surface area contributed by atoms with Gasteiger partial charge >= 0.3 is 0 Å². The van der Waals surface area contributed by atoms with Crippen molar-refractivity contribution in [2.75, 3.05) is 26.2 Å². The summed E-state index contributed by atoms with van der Waals surface area (Å²) in [5.74, 6) is 0. The van der Waals surface area contributed by atoms with Gasteiger partial charge in [0.25, 0.3) is 5.69 Å². The molecule has 2 aromatic rings. The third kappa shape index (κ3) is 5.64. The first-order valence-corrected chi connectivity index (χ1v) is 9.44. The van der Waals surface area contributed by atoms with Gasteiger partial charge in [-0.1, -0.05) is 42.5 Å². The number of nitrogens with zero attached hydrogens (tertiary/aromatic N) is 2. The molecule has 5 heteroatoms. The molecular formula is C21H27N3O2. The molecule has 26 heavy (non-hydrogen) atoms. The molecular weight excluding hydrogens is 326 g/mol. The highest BCUT2D eigenvalue weighted by atomic mass is 16.6. The molecule has 0 aromatic heterocycles. The molecule has 138 valence electrons. The number of piperidine rings is 1. The van der Waals surface area contributed by atoms with Crippen molar-refractivity contribution < 1.29 is 4.92 Å². The molecule has 2 aromatic carbocycles. The first-order chi connectivity index (χ1) is 12.7. The van der Waals surface area contributed by atoms with E-state index in [-0.39, 0.29) is 10.6 Å². The molecule has 1 aliphatic rings. The zero-order chi connectivity index (χ0) is 18.2. The van der Waals surface area contributed by atoms with Crippen LogP contribution in [0, 0.1) is 10.1 Å². The minimum Gasteiger partial charge on any atom is -0.314 e. The lowest BCUT2D eigenvalue weighted by Gasteiger charge is -2.32. The SMILES string of the molecule is O=[N+]([O-])c1ccc(CCNC2CCN(CCc3ccccc3)CC2)cc1. The Hall–Kier alpha value is -2.24. The average molecular weight is 353 g/mol. The first-order valence-electron chi connectivity index (χ1n) is 9.44. The van der Waals surface area contributed by atoms with Crippen LogP contribution in [0.1, 0.15) is 24.0 Å². The average Bonchev–Trinajstić information content (AvgIpc) is 2.68. The Balaban J connectivity index is 1.32. The Morgan fingerprint density at radius 3 is 2.27 bits per heavy atom. The fourth-order valence-corrected chi connectivity index (χ4v) is 3.50. The summed E-state index contributed by atoms with van der Waals surface area (Å²) in [5.41, 5.74) is 2.71. The van der Waals surface area contributed by atoms with Crippen LogP contribution in [0.2, 0.25) is 0 Å². The van der Waals surface area contributed by atoms with E-state index in [1.165, 1.54) is 18.4 Å².